The van der Waals surface area contributed by atoms with Crippen LogP contribution in [0.3, 0.4) is 0 Å². The van der Waals surface area contributed by atoms with Crippen molar-refractivity contribution in [2.45, 2.75) is 53.5 Å². The Hall–Kier alpha value is 0.250. The van der Waals surface area contributed by atoms with Crippen molar-refractivity contribution in [3.63, 3.8) is 0 Å². The minimum Gasteiger partial charge on any atom is -0.313 e. The number of nitrogens with one attached hydrogen (secondary N) is 1. The van der Waals surface area contributed by atoms with Crippen LogP contribution in [-0.4, -0.2) is 18.5 Å². The van der Waals surface area contributed by atoms with E-state index in [2.05, 4.69) is 39.9 Å². The third-order valence-corrected chi connectivity index (χ3v) is 2.62. The van der Waals surface area contributed by atoms with Crippen LogP contribution < -0.4 is 5.32 Å². The molecule has 0 aromatic rings. The van der Waals surface area contributed by atoms with Crippen LogP contribution in [0.4, 0.5) is 0 Å². The molecule has 1 nitrogen and oxygen atoms in total. The van der Waals surface area contributed by atoms with Gasteiger partial charge in [-0.1, -0.05) is 34.6 Å². The summed E-state index contributed by atoms with van der Waals surface area (Å²) in [5.41, 5.74) is 0.418. The highest BCUT2D eigenvalue weighted by Crippen LogP contribution is 2.17. The summed E-state index contributed by atoms with van der Waals surface area (Å²) in [4.78, 5) is 0. The van der Waals surface area contributed by atoms with Gasteiger partial charge in [-0.25, -0.2) is 0 Å². The summed E-state index contributed by atoms with van der Waals surface area (Å²) in [6, 6.07) is 0.485. The maximum atomic E-state index is 5.90. The summed E-state index contributed by atoms with van der Waals surface area (Å²) in [7, 11) is 0. The molecular weight excluding hydrogens is 194 g/mol. The van der Waals surface area contributed by atoms with Gasteiger partial charge in [0.25, 0.3) is 0 Å². The second-order valence-corrected chi connectivity index (χ2v) is 6.05. The number of hydrogen-bond donors (Lipinski definition) is 1. The first-order valence-corrected chi connectivity index (χ1v) is 6.18. The standard InChI is InChI=1S/C12H26ClN/c1-10(2)8-11(9-13)14-7-6-12(3,4)5/h10-11,14H,6-9H2,1-5H3. The topological polar surface area (TPSA) is 12.0 Å². The van der Waals surface area contributed by atoms with Crippen LogP contribution in [0.1, 0.15) is 47.5 Å². The van der Waals surface area contributed by atoms with Crippen molar-refractivity contribution >= 4 is 11.6 Å². The zero-order valence-corrected chi connectivity index (χ0v) is 11.1. The quantitative estimate of drug-likeness (QED) is 0.673. The Kier molecular flexibility index (Phi) is 6.80. The monoisotopic (exact) mass is 219 g/mol. The Balaban J connectivity index is 3.63. The van der Waals surface area contributed by atoms with Crippen LogP contribution >= 0.6 is 11.6 Å². The van der Waals surface area contributed by atoms with Gasteiger partial charge in [0.2, 0.25) is 0 Å². The van der Waals surface area contributed by atoms with E-state index in [9.17, 15) is 0 Å². The van der Waals surface area contributed by atoms with Gasteiger partial charge < -0.3 is 5.32 Å². The van der Waals surface area contributed by atoms with Gasteiger partial charge in [-0.2, -0.15) is 0 Å². The molecule has 0 saturated carbocycles. The largest absolute Gasteiger partial charge is 0.313 e. The van der Waals surface area contributed by atoms with E-state index >= 15 is 0 Å². The normalized spacial score (nSPS) is 14.8. The molecule has 0 fully saturated rings. The molecule has 0 aliphatic rings. The van der Waals surface area contributed by atoms with E-state index in [0.717, 1.165) is 18.3 Å². The average molecular weight is 220 g/mol. The van der Waals surface area contributed by atoms with E-state index in [1.165, 1.54) is 12.8 Å². The second-order valence-electron chi connectivity index (χ2n) is 5.75. The van der Waals surface area contributed by atoms with Crippen LogP contribution in [0.15, 0.2) is 0 Å². The summed E-state index contributed by atoms with van der Waals surface area (Å²) >= 11 is 5.90. The van der Waals surface area contributed by atoms with Crippen molar-refractivity contribution in [1.82, 2.24) is 5.32 Å². The highest BCUT2D eigenvalue weighted by atomic mass is 35.5. The predicted molar refractivity (Wildman–Crippen MR) is 66.0 cm³/mol. The average Bonchev–Trinajstić information content (AvgIpc) is 1.99. The minimum absolute atomic E-state index is 0.418. The Morgan fingerprint density at radius 1 is 1.21 bits per heavy atom. The summed E-state index contributed by atoms with van der Waals surface area (Å²) in [6.45, 7) is 12.4. The molecule has 0 amide bonds. The third-order valence-electron chi connectivity index (χ3n) is 2.25. The van der Waals surface area contributed by atoms with Crippen molar-refractivity contribution in [3.8, 4) is 0 Å². The van der Waals surface area contributed by atoms with Crippen molar-refractivity contribution in [2.24, 2.45) is 11.3 Å². The molecule has 0 aromatic heterocycles. The maximum Gasteiger partial charge on any atom is 0.0377 e. The fourth-order valence-electron chi connectivity index (χ4n) is 1.42. The Morgan fingerprint density at radius 3 is 2.14 bits per heavy atom. The first-order chi connectivity index (χ1) is 6.35. The highest BCUT2D eigenvalue weighted by molar-refractivity contribution is 6.18. The van der Waals surface area contributed by atoms with Gasteiger partial charge in [-0.05, 0) is 30.7 Å². The molecule has 0 saturated heterocycles. The summed E-state index contributed by atoms with van der Waals surface area (Å²) in [5.74, 6) is 1.45. The zero-order chi connectivity index (χ0) is 11.2. The Bertz CT molecular complexity index is 138. The molecule has 0 radical (unpaired) electrons. The molecule has 2 heteroatoms. The third kappa shape index (κ3) is 8.83. The van der Waals surface area contributed by atoms with Gasteiger partial charge in [0, 0.05) is 11.9 Å². The number of alkyl halides is 1. The first kappa shape index (κ1) is 14.2. The van der Waals surface area contributed by atoms with Gasteiger partial charge >= 0.3 is 0 Å². The van der Waals surface area contributed by atoms with E-state index in [4.69, 9.17) is 11.6 Å². The molecule has 1 N–H and O–H groups in total. The van der Waals surface area contributed by atoms with E-state index in [-0.39, 0.29) is 0 Å². The van der Waals surface area contributed by atoms with E-state index in [1.54, 1.807) is 0 Å². The fraction of sp³-hybridized carbons (Fsp3) is 1.00. The SMILES string of the molecule is CC(C)CC(CCl)NCCC(C)(C)C. The molecule has 14 heavy (non-hydrogen) atoms. The molecule has 0 spiro atoms. The highest BCUT2D eigenvalue weighted by Gasteiger charge is 2.12. The van der Waals surface area contributed by atoms with Crippen LogP contribution in [0.5, 0.6) is 0 Å². The Morgan fingerprint density at radius 2 is 1.79 bits per heavy atom. The molecule has 0 rings (SSSR count). The van der Waals surface area contributed by atoms with Gasteiger partial charge in [0.15, 0.2) is 0 Å². The van der Waals surface area contributed by atoms with E-state index in [1.807, 2.05) is 0 Å². The molecule has 1 unspecified atom stereocenters. The van der Waals surface area contributed by atoms with Crippen LogP contribution in [-0.2, 0) is 0 Å². The van der Waals surface area contributed by atoms with Crippen molar-refractivity contribution in [2.75, 3.05) is 12.4 Å². The van der Waals surface area contributed by atoms with Crippen LogP contribution in [0, 0.1) is 11.3 Å². The van der Waals surface area contributed by atoms with Crippen molar-refractivity contribution < 1.29 is 0 Å². The molecule has 0 aliphatic heterocycles. The lowest BCUT2D eigenvalue weighted by molar-refractivity contribution is 0.346. The zero-order valence-electron chi connectivity index (χ0n) is 10.4. The predicted octanol–water partition coefficient (Wildman–Crippen LogP) is 3.67. The molecule has 1 atom stereocenters. The second kappa shape index (κ2) is 6.68. The summed E-state index contributed by atoms with van der Waals surface area (Å²) in [5, 5.41) is 3.53. The molecule has 0 bridgehead atoms. The lowest BCUT2D eigenvalue weighted by Crippen LogP contribution is -2.34. The fourth-order valence-corrected chi connectivity index (χ4v) is 1.66. The smallest absolute Gasteiger partial charge is 0.0377 e. The molecule has 86 valence electrons. The van der Waals surface area contributed by atoms with Crippen molar-refractivity contribution in [3.05, 3.63) is 0 Å². The van der Waals surface area contributed by atoms with E-state index in [0.29, 0.717) is 11.5 Å². The maximum absolute atomic E-state index is 5.90. The molecule has 0 heterocycles. The van der Waals surface area contributed by atoms with E-state index < -0.39 is 0 Å². The van der Waals surface area contributed by atoms with Gasteiger partial charge in [-0.15, -0.1) is 11.6 Å². The van der Waals surface area contributed by atoms with Crippen LogP contribution in [0.2, 0.25) is 0 Å². The van der Waals surface area contributed by atoms with Gasteiger partial charge in [0.05, 0.1) is 0 Å². The lowest BCUT2D eigenvalue weighted by atomic mass is 9.92. The number of rotatable bonds is 6. The number of hydrogen-bond acceptors (Lipinski definition) is 1. The lowest BCUT2D eigenvalue weighted by Gasteiger charge is -2.22. The molecule has 0 aliphatic carbocycles. The van der Waals surface area contributed by atoms with Gasteiger partial charge in [-0.3, -0.25) is 0 Å². The van der Waals surface area contributed by atoms with Gasteiger partial charge in [0.1, 0.15) is 0 Å². The molecule has 0 aromatic carbocycles. The minimum atomic E-state index is 0.418. The molecular formula is C12H26ClN. The summed E-state index contributed by atoms with van der Waals surface area (Å²) < 4.78 is 0. The first-order valence-electron chi connectivity index (χ1n) is 5.64. The number of halogens is 1. The summed E-state index contributed by atoms with van der Waals surface area (Å²) in [6.07, 6.45) is 2.38. The Labute approximate surface area is 94.6 Å². The van der Waals surface area contributed by atoms with Crippen LogP contribution in [0.25, 0.3) is 0 Å². The van der Waals surface area contributed by atoms with Crippen molar-refractivity contribution in [1.29, 1.82) is 0 Å².